The van der Waals surface area contributed by atoms with Crippen molar-refractivity contribution in [2.75, 3.05) is 17.6 Å². The van der Waals surface area contributed by atoms with Crippen LogP contribution >= 0.6 is 11.3 Å². The molecule has 1 aromatic rings. The van der Waals surface area contributed by atoms with Gasteiger partial charge in [-0.25, -0.2) is 4.98 Å². The predicted octanol–water partition coefficient (Wildman–Crippen LogP) is 3.10. The number of carbonyl (C=O) groups is 1. The first-order valence-electron chi connectivity index (χ1n) is 7.21. The molecule has 0 bridgehead atoms. The van der Waals surface area contributed by atoms with Crippen LogP contribution in [0.25, 0.3) is 0 Å². The normalized spacial score (nSPS) is 11.1. The van der Waals surface area contributed by atoms with Crippen LogP contribution < -0.4 is 16.4 Å². The molecule has 0 radical (unpaired) electrons. The van der Waals surface area contributed by atoms with Gasteiger partial charge in [-0.1, -0.05) is 38.0 Å². The van der Waals surface area contributed by atoms with E-state index < -0.39 is 0 Å². The lowest BCUT2D eigenvalue weighted by Gasteiger charge is -2.06. The van der Waals surface area contributed by atoms with E-state index in [1.54, 1.807) is 0 Å². The molecule has 5 nitrogen and oxygen atoms in total. The van der Waals surface area contributed by atoms with Crippen LogP contribution in [-0.2, 0) is 0 Å². The topological polar surface area (TPSA) is 80.0 Å². The smallest absolute Gasteiger partial charge is 0.265 e. The molecule has 1 rings (SSSR count). The SMILES string of the molecule is CC(C)CCCCNC(=O)c1sc(NC(C)C)nc1N. The molecule has 6 heteroatoms. The third-order valence-corrected chi connectivity index (χ3v) is 3.77. The number of nitrogens with two attached hydrogens (primary N) is 1. The number of nitrogens with zero attached hydrogens (tertiary/aromatic N) is 1. The Bertz CT molecular complexity index is 429. The zero-order valence-corrected chi connectivity index (χ0v) is 13.6. The summed E-state index contributed by atoms with van der Waals surface area (Å²) in [5, 5.41) is 6.76. The predicted molar refractivity (Wildman–Crippen MR) is 86.3 cm³/mol. The second-order valence-electron chi connectivity index (χ2n) is 5.68. The second kappa shape index (κ2) is 8.09. The highest BCUT2D eigenvalue weighted by Gasteiger charge is 2.16. The molecule has 1 heterocycles. The lowest BCUT2D eigenvalue weighted by atomic mass is 10.1. The second-order valence-corrected chi connectivity index (χ2v) is 6.68. The van der Waals surface area contributed by atoms with Crippen molar-refractivity contribution in [1.82, 2.24) is 10.3 Å². The molecule has 4 N–H and O–H groups in total. The molecule has 0 atom stereocenters. The summed E-state index contributed by atoms with van der Waals surface area (Å²) in [4.78, 5) is 16.7. The van der Waals surface area contributed by atoms with Crippen molar-refractivity contribution < 1.29 is 4.79 Å². The van der Waals surface area contributed by atoms with Crippen molar-refractivity contribution in [3.8, 4) is 0 Å². The average Bonchev–Trinajstić information content (AvgIpc) is 2.68. The Balaban J connectivity index is 2.41. The number of hydrogen-bond donors (Lipinski definition) is 3. The molecule has 0 saturated carbocycles. The van der Waals surface area contributed by atoms with Crippen molar-refractivity contribution in [3.63, 3.8) is 0 Å². The largest absolute Gasteiger partial charge is 0.382 e. The Kier molecular flexibility index (Phi) is 6.78. The first-order valence-corrected chi connectivity index (χ1v) is 8.02. The van der Waals surface area contributed by atoms with Crippen LogP contribution in [0, 0.1) is 5.92 Å². The molecular formula is C14H26N4OS. The molecule has 0 aromatic carbocycles. The van der Waals surface area contributed by atoms with Gasteiger partial charge in [0.25, 0.3) is 5.91 Å². The number of nitrogens with one attached hydrogen (secondary N) is 2. The van der Waals surface area contributed by atoms with Crippen molar-refractivity contribution in [1.29, 1.82) is 0 Å². The highest BCUT2D eigenvalue weighted by molar-refractivity contribution is 7.18. The number of unbranched alkanes of at least 4 members (excludes halogenated alkanes) is 1. The van der Waals surface area contributed by atoms with Gasteiger partial charge in [-0.3, -0.25) is 4.79 Å². The van der Waals surface area contributed by atoms with Crippen LogP contribution in [0.15, 0.2) is 0 Å². The minimum absolute atomic E-state index is 0.124. The van der Waals surface area contributed by atoms with Crippen molar-refractivity contribution in [2.24, 2.45) is 5.92 Å². The van der Waals surface area contributed by atoms with Crippen molar-refractivity contribution >= 4 is 28.2 Å². The number of hydrogen-bond acceptors (Lipinski definition) is 5. The van der Waals surface area contributed by atoms with Gasteiger partial charge in [-0.2, -0.15) is 0 Å². The molecule has 20 heavy (non-hydrogen) atoms. The first-order chi connectivity index (χ1) is 9.40. The van der Waals surface area contributed by atoms with E-state index in [-0.39, 0.29) is 11.9 Å². The number of carbonyl (C=O) groups excluding carboxylic acids is 1. The van der Waals surface area contributed by atoms with Gasteiger partial charge in [-0.05, 0) is 26.2 Å². The van der Waals surface area contributed by atoms with Gasteiger partial charge in [0.05, 0.1) is 0 Å². The Morgan fingerprint density at radius 1 is 1.30 bits per heavy atom. The Morgan fingerprint density at radius 2 is 2.00 bits per heavy atom. The Hall–Kier alpha value is -1.30. The summed E-state index contributed by atoms with van der Waals surface area (Å²) in [5.41, 5.74) is 5.79. The summed E-state index contributed by atoms with van der Waals surface area (Å²) in [6.07, 6.45) is 3.33. The van der Waals surface area contributed by atoms with Gasteiger partial charge in [0.2, 0.25) is 0 Å². The highest BCUT2D eigenvalue weighted by atomic mass is 32.1. The van der Waals surface area contributed by atoms with Gasteiger partial charge in [-0.15, -0.1) is 0 Å². The maximum absolute atomic E-state index is 12.0. The van der Waals surface area contributed by atoms with E-state index in [0.717, 1.165) is 12.8 Å². The van der Waals surface area contributed by atoms with Gasteiger partial charge in [0.1, 0.15) is 10.7 Å². The van der Waals surface area contributed by atoms with Crippen LogP contribution in [0.4, 0.5) is 10.9 Å². The molecule has 0 saturated heterocycles. The molecule has 1 amide bonds. The molecule has 1 aromatic heterocycles. The zero-order chi connectivity index (χ0) is 15.1. The summed E-state index contributed by atoms with van der Waals surface area (Å²) in [7, 11) is 0. The molecule has 0 spiro atoms. The minimum atomic E-state index is -0.124. The van der Waals surface area contributed by atoms with Crippen molar-refractivity contribution in [3.05, 3.63) is 4.88 Å². The minimum Gasteiger partial charge on any atom is -0.382 e. The fourth-order valence-corrected chi connectivity index (χ4v) is 2.71. The number of anilines is 2. The monoisotopic (exact) mass is 298 g/mol. The highest BCUT2D eigenvalue weighted by Crippen LogP contribution is 2.25. The number of nitrogen functional groups attached to an aromatic ring is 1. The molecular weight excluding hydrogens is 272 g/mol. The lowest BCUT2D eigenvalue weighted by molar-refractivity contribution is 0.0957. The Morgan fingerprint density at radius 3 is 2.60 bits per heavy atom. The summed E-state index contributed by atoms with van der Waals surface area (Å²) in [5.74, 6) is 0.895. The Labute approximate surface area is 125 Å². The standard InChI is InChI=1S/C14H26N4OS/c1-9(2)7-5-6-8-16-13(19)11-12(15)18-14(20-11)17-10(3)4/h9-10H,5-8,15H2,1-4H3,(H,16,19)(H,17,18). The van der Waals surface area contributed by atoms with Gasteiger partial charge >= 0.3 is 0 Å². The fraction of sp³-hybridized carbons (Fsp3) is 0.714. The number of amides is 1. The number of rotatable bonds is 8. The van der Waals surface area contributed by atoms with E-state index in [2.05, 4.69) is 29.5 Å². The van der Waals surface area contributed by atoms with E-state index in [0.29, 0.717) is 28.3 Å². The molecule has 114 valence electrons. The molecule has 0 fully saturated rings. The van der Waals surface area contributed by atoms with E-state index in [9.17, 15) is 4.79 Å². The summed E-state index contributed by atoms with van der Waals surface area (Å²) < 4.78 is 0. The third kappa shape index (κ3) is 5.77. The van der Waals surface area contributed by atoms with Gasteiger partial charge < -0.3 is 16.4 Å². The lowest BCUT2D eigenvalue weighted by Crippen LogP contribution is -2.24. The zero-order valence-electron chi connectivity index (χ0n) is 12.8. The molecule has 0 aliphatic heterocycles. The van der Waals surface area contributed by atoms with E-state index >= 15 is 0 Å². The van der Waals surface area contributed by atoms with Crippen LogP contribution in [0.3, 0.4) is 0 Å². The summed E-state index contributed by atoms with van der Waals surface area (Å²) >= 11 is 1.31. The van der Waals surface area contributed by atoms with Crippen molar-refractivity contribution in [2.45, 2.75) is 53.0 Å². The van der Waals surface area contributed by atoms with Crippen LogP contribution in [0.1, 0.15) is 56.6 Å². The maximum atomic E-state index is 12.0. The quantitative estimate of drug-likeness (QED) is 0.644. The number of thiazole rings is 1. The van der Waals surface area contributed by atoms with E-state index in [1.807, 2.05) is 13.8 Å². The van der Waals surface area contributed by atoms with E-state index in [4.69, 9.17) is 5.73 Å². The van der Waals surface area contributed by atoms with E-state index in [1.165, 1.54) is 17.8 Å². The average molecular weight is 298 g/mol. The first kappa shape index (κ1) is 16.8. The van der Waals surface area contributed by atoms with Crippen LogP contribution in [-0.4, -0.2) is 23.5 Å². The van der Waals surface area contributed by atoms with Gasteiger partial charge in [0, 0.05) is 12.6 Å². The summed E-state index contributed by atoms with van der Waals surface area (Å²) in [6.45, 7) is 9.15. The third-order valence-electron chi connectivity index (χ3n) is 2.77. The fourth-order valence-electron chi connectivity index (χ4n) is 1.76. The number of aromatic nitrogens is 1. The van der Waals surface area contributed by atoms with Gasteiger partial charge in [0.15, 0.2) is 5.13 Å². The van der Waals surface area contributed by atoms with Crippen LogP contribution in [0.2, 0.25) is 0 Å². The summed E-state index contributed by atoms with van der Waals surface area (Å²) in [6, 6.07) is 0.271. The molecule has 0 aliphatic carbocycles. The molecule has 0 unspecified atom stereocenters. The molecule has 0 aliphatic rings. The maximum Gasteiger partial charge on any atom is 0.265 e. The van der Waals surface area contributed by atoms with Crippen LogP contribution in [0.5, 0.6) is 0 Å².